The number of carbonyl (C=O) groups excluding carboxylic acids is 2. The highest BCUT2D eigenvalue weighted by Gasteiger charge is 2.31. The molecule has 4 N–H and O–H groups in total. The third-order valence-electron chi connectivity index (χ3n) is 5.00. The van der Waals surface area contributed by atoms with E-state index < -0.39 is 48.4 Å². The summed E-state index contributed by atoms with van der Waals surface area (Å²) in [5.74, 6) is -0.751. The van der Waals surface area contributed by atoms with Gasteiger partial charge in [-0.05, 0) is 42.0 Å². The first-order chi connectivity index (χ1) is 16.1. The van der Waals surface area contributed by atoms with E-state index in [1.165, 1.54) is 18.2 Å². The topological polar surface area (TPSA) is 99.7 Å². The van der Waals surface area contributed by atoms with E-state index in [4.69, 9.17) is 4.74 Å². The molecule has 3 rings (SSSR count). The van der Waals surface area contributed by atoms with E-state index in [0.29, 0.717) is 5.56 Å². The largest absolute Gasteiger partial charge is 0.416 e. The van der Waals surface area contributed by atoms with Crippen molar-refractivity contribution in [3.63, 3.8) is 0 Å². The molecule has 2 aromatic rings. The second kappa shape index (κ2) is 11.1. The van der Waals surface area contributed by atoms with Crippen LogP contribution in [0.2, 0.25) is 0 Å². The van der Waals surface area contributed by atoms with Gasteiger partial charge in [-0.1, -0.05) is 24.3 Å². The summed E-state index contributed by atoms with van der Waals surface area (Å²) in [7, 11) is 0. The highest BCUT2D eigenvalue weighted by Crippen LogP contribution is 2.29. The van der Waals surface area contributed by atoms with Gasteiger partial charge in [0.25, 0.3) is 0 Å². The van der Waals surface area contributed by atoms with Crippen LogP contribution in [0.3, 0.4) is 0 Å². The van der Waals surface area contributed by atoms with Gasteiger partial charge in [0.2, 0.25) is 5.91 Å². The van der Waals surface area contributed by atoms with Crippen LogP contribution in [0.4, 0.5) is 28.0 Å². The van der Waals surface area contributed by atoms with Crippen molar-refractivity contribution < 1.29 is 37.0 Å². The van der Waals surface area contributed by atoms with Gasteiger partial charge >= 0.3 is 12.2 Å². The van der Waals surface area contributed by atoms with E-state index in [9.17, 15) is 32.3 Å². The first-order valence-electron chi connectivity index (χ1n) is 10.3. The SMILES string of the molecule is O=C(C[C@H]1C=C[C@@H](NC(=O)Nc2ccc(C(F)(F)F)cc2)[C@H](CO)O1)NCc1cccc(F)c1. The summed E-state index contributed by atoms with van der Waals surface area (Å²) in [6.45, 7) is -0.304. The van der Waals surface area contributed by atoms with Crippen LogP contribution in [0, 0.1) is 5.82 Å². The molecule has 0 saturated heterocycles. The molecule has 2 aromatic carbocycles. The maximum atomic E-state index is 13.2. The van der Waals surface area contributed by atoms with Crippen molar-refractivity contribution in [2.75, 3.05) is 11.9 Å². The zero-order valence-corrected chi connectivity index (χ0v) is 17.8. The number of halogens is 4. The van der Waals surface area contributed by atoms with Crippen LogP contribution in [0.1, 0.15) is 17.5 Å². The van der Waals surface area contributed by atoms with Crippen LogP contribution >= 0.6 is 0 Å². The summed E-state index contributed by atoms with van der Waals surface area (Å²) >= 11 is 0. The van der Waals surface area contributed by atoms with Crippen molar-refractivity contribution in [3.05, 3.63) is 77.6 Å². The number of carbonyl (C=O) groups is 2. The number of anilines is 1. The maximum absolute atomic E-state index is 13.2. The number of aliphatic hydroxyl groups is 1. The number of urea groups is 1. The molecular weight excluding hydrogens is 458 g/mol. The molecule has 0 saturated carbocycles. The van der Waals surface area contributed by atoms with Gasteiger partial charge in [0.05, 0.1) is 30.7 Å². The minimum Gasteiger partial charge on any atom is -0.394 e. The van der Waals surface area contributed by atoms with Crippen LogP contribution in [-0.2, 0) is 22.3 Å². The molecule has 0 unspecified atom stereocenters. The summed E-state index contributed by atoms with van der Waals surface area (Å²) < 4.78 is 56.8. The molecule has 0 bridgehead atoms. The predicted octanol–water partition coefficient (Wildman–Crippen LogP) is 3.36. The van der Waals surface area contributed by atoms with Gasteiger partial charge in [-0.15, -0.1) is 0 Å². The van der Waals surface area contributed by atoms with Gasteiger partial charge in [-0.25, -0.2) is 9.18 Å². The molecule has 3 atom stereocenters. The lowest BCUT2D eigenvalue weighted by molar-refractivity contribution is -0.137. The summed E-state index contributed by atoms with van der Waals surface area (Å²) in [6, 6.07) is 8.33. The summed E-state index contributed by atoms with van der Waals surface area (Å²) in [5.41, 5.74) is -0.0851. The molecule has 0 radical (unpaired) electrons. The Kier molecular flexibility index (Phi) is 8.24. The molecule has 1 aliphatic rings. The van der Waals surface area contributed by atoms with Crippen LogP contribution < -0.4 is 16.0 Å². The minimum absolute atomic E-state index is 0.0488. The number of hydrogen-bond donors (Lipinski definition) is 4. The number of rotatable bonds is 7. The first-order valence-corrected chi connectivity index (χ1v) is 10.3. The van der Waals surface area contributed by atoms with Crippen LogP contribution in [0.5, 0.6) is 0 Å². The smallest absolute Gasteiger partial charge is 0.394 e. The average molecular weight is 481 g/mol. The van der Waals surface area contributed by atoms with Crippen molar-refractivity contribution in [2.24, 2.45) is 0 Å². The molecule has 0 spiro atoms. The third kappa shape index (κ3) is 7.29. The second-order valence-corrected chi connectivity index (χ2v) is 7.59. The zero-order chi connectivity index (χ0) is 24.7. The number of alkyl halides is 3. The highest BCUT2D eigenvalue weighted by atomic mass is 19.4. The minimum atomic E-state index is -4.48. The van der Waals surface area contributed by atoms with E-state index >= 15 is 0 Å². The van der Waals surface area contributed by atoms with Gasteiger partial charge in [-0.3, -0.25) is 4.79 Å². The number of ether oxygens (including phenoxy) is 1. The lowest BCUT2D eigenvalue weighted by Crippen LogP contribution is -2.50. The van der Waals surface area contributed by atoms with E-state index in [1.54, 1.807) is 18.2 Å². The van der Waals surface area contributed by atoms with Crippen LogP contribution in [0.25, 0.3) is 0 Å². The van der Waals surface area contributed by atoms with Crippen molar-refractivity contribution in [1.82, 2.24) is 10.6 Å². The molecule has 11 heteroatoms. The number of aliphatic hydroxyl groups excluding tert-OH is 1. The fourth-order valence-corrected chi connectivity index (χ4v) is 3.30. The van der Waals surface area contributed by atoms with E-state index in [2.05, 4.69) is 16.0 Å². The van der Waals surface area contributed by atoms with E-state index in [1.807, 2.05) is 0 Å². The molecule has 3 amide bonds. The zero-order valence-electron chi connectivity index (χ0n) is 17.8. The monoisotopic (exact) mass is 481 g/mol. The Morgan fingerprint density at radius 1 is 1.06 bits per heavy atom. The highest BCUT2D eigenvalue weighted by molar-refractivity contribution is 5.89. The summed E-state index contributed by atoms with van der Waals surface area (Å²) in [4.78, 5) is 24.4. The molecule has 34 heavy (non-hydrogen) atoms. The molecule has 1 heterocycles. The third-order valence-corrected chi connectivity index (χ3v) is 5.00. The first kappa shape index (κ1) is 25.2. The molecule has 7 nitrogen and oxygen atoms in total. The predicted molar refractivity (Wildman–Crippen MR) is 115 cm³/mol. The summed E-state index contributed by atoms with van der Waals surface area (Å²) in [6.07, 6.45) is -2.89. The summed E-state index contributed by atoms with van der Waals surface area (Å²) in [5, 5.41) is 17.3. The molecule has 0 aliphatic carbocycles. The van der Waals surface area contributed by atoms with Crippen molar-refractivity contribution in [2.45, 2.75) is 37.4 Å². The number of benzene rings is 2. The number of nitrogens with one attached hydrogen (secondary N) is 3. The quantitative estimate of drug-likeness (QED) is 0.360. The molecule has 0 fully saturated rings. The van der Waals surface area contributed by atoms with Crippen molar-refractivity contribution in [1.29, 1.82) is 0 Å². The number of hydrogen-bond acceptors (Lipinski definition) is 4. The van der Waals surface area contributed by atoms with Gasteiger partial charge in [0.1, 0.15) is 11.9 Å². The standard InChI is InChI=1S/C23H23F4N3O4/c24-16-3-1-2-14(10-16)12-28-21(32)11-18-8-9-19(20(13-31)34-18)30-22(33)29-17-6-4-15(5-7-17)23(25,26)27/h1-10,18-20,31H,11-13H2,(H,28,32)(H2,29,30,33)/t18-,19-,20+/m1/s1. The van der Waals surface area contributed by atoms with Crippen molar-refractivity contribution in [3.8, 4) is 0 Å². The number of amides is 3. The fraction of sp³-hybridized carbons (Fsp3) is 0.304. The normalized spacial score (nSPS) is 20.0. The second-order valence-electron chi connectivity index (χ2n) is 7.59. The molecular formula is C23H23F4N3O4. The van der Waals surface area contributed by atoms with E-state index in [-0.39, 0.29) is 24.6 Å². The Morgan fingerprint density at radius 3 is 2.44 bits per heavy atom. The molecule has 0 aromatic heterocycles. The Bertz CT molecular complexity index is 1030. The van der Waals surface area contributed by atoms with Gasteiger partial charge in [0.15, 0.2) is 0 Å². The van der Waals surface area contributed by atoms with Gasteiger partial charge in [0, 0.05) is 12.2 Å². The maximum Gasteiger partial charge on any atom is 0.416 e. The van der Waals surface area contributed by atoms with Crippen LogP contribution in [-0.4, -0.2) is 41.9 Å². The van der Waals surface area contributed by atoms with E-state index in [0.717, 1.165) is 24.3 Å². The average Bonchev–Trinajstić information content (AvgIpc) is 2.78. The van der Waals surface area contributed by atoms with Gasteiger partial charge in [-0.2, -0.15) is 13.2 Å². The molecule has 182 valence electrons. The Morgan fingerprint density at radius 2 is 1.79 bits per heavy atom. The Hall–Kier alpha value is -3.44. The lowest BCUT2D eigenvalue weighted by atomic mass is 10.0. The lowest BCUT2D eigenvalue weighted by Gasteiger charge is -2.31. The van der Waals surface area contributed by atoms with Crippen molar-refractivity contribution >= 4 is 17.6 Å². The Labute approximate surface area is 192 Å². The molecule has 1 aliphatic heterocycles. The Balaban J connectivity index is 1.49. The van der Waals surface area contributed by atoms with Crippen LogP contribution in [0.15, 0.2) is 60.7 Å². The fourth-order valence-electron chi connectivity index (χ4n) is 3.30. The van der Waals surface area contributed by atoms with Gasteiger partial charge < -0.3 is 25.8 Å².